The minimum Gasteiger partial charge on any atom is -0.481 e. The molecule has 1 saturated heterocycles. The maximum atomic E-state index is 12.3. The van der Waals surface area contributed by atoms with Gasteiger partial charge in [0.25, 0.3) is 5.91 Å². The molecule has 7 nitrogen and oxygen atoms in total. The van der Waals surface area contributed by atoms with Crippen LogP contribution in [-0.4, -0.2) is 54.0 Å². The molecule has 0 spiro atoms. The number of aliphatic carboxylic acids is 1. The summed E-state index contributed by atoms with van der Waals surface area (Å²) < 4.78 is 0. The van der Waals surface area contributed by atoms with Crippen LogP contribution in [0.5, 0.6) is 0 Å². The van der Waals surface area contributed by atoms with Crippen LogP contribution in [0.4, 0.5) is 5.69 Å². The summed E-state index contributed by atoms with van der Waals surface area (Å²) in [4.78, 5) is 36.6. The average Bonchev–Trinajstić information content (AvgIpc) is 2.55. The molecule has 1 aliphatic heterocycles. The fourth-order valence-electron chi connectivity index (χ4n) is 2.72. The van der Waals surface area contributed by atoms with E-state index in [4.69, 9.17) is 5.11 Å². The molecule has 7 heteroatoms. The van der Waals surface area contributed by atoms with Crippen LogP contribution < -0.4 is 10.6 Å². The molecule has 1 aromatic rings. The Hall–Kier alpha value is -2.41. The number of carbonyl (C=O) groups is 3. The van der Waals surface area contributed by atoms with Crippen molar-refractivity contribution in [2.24, 2.45) is 0 Å². The van der Waals surface area contributed by atoms with Crippen molar-refractivity contribution in [3.05, 3.63) is 29.8 Å². The standard InChI is InChI=1S/C17H23N3O4/c1-20-11-3-2-4-14(20)17(24)19-13-7-5-12(6-8-13)16(23)18-10-9-15(21)22/h5-8,14H,2-4,9-11H2,1H3,(H,18,23)(H,19,24)(H,21,22). The van der Waals surface area contributed by atoms with E-state index in [0.29, 0.717) is 11.3 Å². The molecule has 2 amide bonds. The summed E-state index contributed by atoms with van der Waals surface area (Å²) >= 11 is 0. The number of rotatable bonds is 6. The Morgan fingerprint density at radius 3 is 2.54 bits per heavy atom. The van der Waals surface area contributed by atoms with E-state index in [1.165, 1.54) is 0 Å². The molecule has 3 N–H and O–H groups in total. The fourth-order valence-corrected chi connectivity index (χ4v) is 2.72. The molecule has 1 fully saturated rings. The second-order valence-electron chi connectivity index (χ2n) is 5.96. The molecule has 0 aromatic heterocycles. The van der Waals surface area contributed by atoms with Gasteiger partial charge in [-0.2, -0.15) is 0 Å². The number of piperidine rings is 1. The zero-order valence-electron chi connectivity index (χ0n) is 13.7. The van der Waals surface area contributed by atoms with E-state index in [9.17, 15) is 14.4 Å². The second-order valence-corrected chi connectivity index (χ2v) is 5.96. The van der Waals surface area contributed by atoms with Gasteiger partial charge in [0.1, 0.15) is 0 Å². The lowest BCUT2D eigenvalue weighted by Gasteiger charge is -2.31. The van der Waals surface area contributed by atoms with E-state index in [1.54, 1.807) is 24.3 Å². The number of nitrogens with one attached hydrogen (secondary N) is 2. The van der Waals surface area contributed by atoms with Crippen molar-refractivity contribution in [1.82, 2.24) is 10.2 Å². The van der Waals surface area contributed by atoms with Crippen LogP contribution in [0.15, 0.2) is 24.3 Å². The predicted octanol–water partition coefficient (Wildman–Crippen LogP) is 1.31. The largest absolute Gasteiger partial charge is 0.481 e. The van der Waals surface area contributed by atoms with Crippen molar-refractivity contribution in [1.29, 1.82) is 0 Å². The number of carbonyl (C=O) groups excluding carboxylic acids is 2. The molecule has 1 aromatic carbocycles. The smallest absolute Gasteiger partial charge is 0.305 e. The van der Waals surface area contributed by atoms with Gasteiger partial charge in [-0.1, -0.05) is 6.42 Å². The van der Waals surface area contributed by atoms with Crippen LogP contribution in [-0.2, 0) is 9.59 Å². The highest BCUT2D eigenvalue weighted by Crippen LogP contribution is 2.17. The van der Waals surface area contributed by atoms with Gasteiger partial charge >= 0.3 is 5.97 Å². The zero-order valence-corrected chi connectivity index (χ0v) is 13.7. The molecule has 0 bridgehead atoms. The Kier molecular flexibility index (Phi) is 6.31. The molecule has 1 heterocycles. The Morgan fingerprint density at radius 2 is 1.92 bits per heavy atom. The highest BCUT2D eigenvalue weighted by Gasteiger charge is 2.25. The van der Waals surface area contributed by atoms with Crippen molar-refractivity contribution >= 4 is 23.5 Å². The number of nitrogens with zero attached hydrogens (tertiary/aromatic N) is 1. The van der Waals surface area contributed by atoms with Crippen molar-refractivity contribution in [3.63, 3.8) is 0 Å². The van der Waals surface area contributed by atoms with E-state index < -0.39 is 5.97 Å². The lowest BCUT2D eigenvalue weighted by Crippen LogP contribution is -2.44. The highest BCUT2D eigenvalue weighted by molar-refractivity contribution is 5.97. The van der Waals surface area contributed by atoms with Crippen molar-refractivity contribution in [2.45, 2.75) is 31.7 Å². The van der Waals surface area contributed by atoms with E-state index in [1.807, 2.05) is 7.05 Å². The summed E-state index contributed by atoms with van der Waals surface area (Å²) in [5.41, 5.74) is 1.06. The molecule has 0 aliphatic carbocycles. The van der Waals surface area contributed by atoms with Gasteiger partial charge in [-0.3, -0.25) is 19.3 Å². The van der Waals surface area contributed by atoms with Gasteiger partial charge in [0, 0.05) is 17.8 Å². The lowest BCUT2D eigenvalue weighted by atomic mass is 10.0. The molecule has 1 aliphatic rings. The molecular weight excluding hydrogens is 310 g/mol. The number of carboxylic acid groups (broad SMARTS) is 1. The monoisotopic (exact) mass is 333 g/mol. The van der Waals surface area contributed by atoms with E-state index in [2.05, 4.69) is 15.5 Å². The average molecular weight is 333 g/mol. The molecular formula is C17H23N3O4. The topological polar surface area (TPSA) is 98.7 Å². The SMILES string of the molecule is CN1CCCCC1C(=O)Nc1ccc(C(=O)NCCC(=O)O)cc1. The fraction of sp³-hybridized carbons (Fsp3) is 0.471. The minimum atomic E-state index is -0.957. The minimum absolute atomic E-state index is 0.0316. The third kappa shape index (κ3) is 5.06. The number of carboxylic acids is 1. The normalized spacial score (nSPS) is 18.0. The number of anilines is 1. The van der Waals surface area contributed by atoms with Crippen molar-refractivity contribution in [2.75, 3.05) is 25.5 Å². The van der Waals surface area contributed by atoms with Gasteiger partial charge in [-0.25, -0.2) is 0 Å². The van der Waals surface area contributed by atoms with Crippen LogP contribution in [0.3, 0.4) is 0 Å². The van der Waals surface area contributed by atoms with Gasteiger partial charge in [0.05, 0.1) is 12.5 Å². The summed E-state index contributed by atoms with van der Waals surface area (Å²) in [5.74, 6) is -1.32. The lowest BCUT2D eigenvalue weighted by molar-refractivity contribution is -0.136. The first-order valence-electron chi connectivity index (χ1n) is 8.08. The van der Waals surface area contributed by atoms with Crippen LogP contribution >= 0.6 is 0 Å². The predicted molar refractivity (Wildman–Crippen MR) is 89.9 cm³/mol. The van der Waals surface area contributed by atoms with E-state index >= 15 is 0 Å². The molecule has 0 saturated carbocycles. The van der Waals surface area contributed by atoms with Gasteiger partial charge in [0.2, 0.25) is 5.91 Å². The Bertz CT molecular complexity index is 600. The molecule has 1 unspecified atom stereocenters. The first-order valence-corrected chi connectivity index (χ1v) is 8.08. The van der Waals surface area contributed by atoms with E-state index in [0.717, 1.165) is 25.8 Å². The summed E-state index contributed by atoms with van der Waals surface area (Å²) in [6, 6.07) is 6.45. The van der Waals surface area contributed by atoms with Gasteiger partial charge in [-0.05, 0) is 50.7 Å². The molecule has 1 atom stereocenters. The third-order valence-corrected chi connectivity index (χ3v) is 4.11. The second kappa shape index (κ2) is 8.44. The molecule has 2 rings (SSSR count). The van der Waals surface area contributed by atoms with Crippen LogP contribution in [0.2, 0.25) is 0 Å². The molecule has 24 heavy (non-hydrogen) atoms. The maximum Gasteiger partial charge on any atom is 0.305 e. The summed E-state index contributed by atoms with van der Waals surface area (Å²) in [5, 5.41) is 14.0. The maximum absolute atomic E-state index is 12.3. The summed E-state index contributed by atoms with van der Waals surface area (Å²) in [7, 11) is 1.95. The van der Waals surface area contributed by atoms with Crippen LogP contribution in [0.1, 0.15) is 36.0 Å². The number of hydrogen-bond donors (Lipinski definition) is 3. The zero-order chi connectivity index (χ0) is 17.5. The molecule has 0 radical (unpaired) electrons. The first kappa shape index (κ1) is 17.9. The van der Waals surface area contributed by atoms with Crippen LogP contribution in [0, 0.1) is 0 Å². The Balaban J connectivity index is 1.88. The Morgan fingerprint density at radius 1 is 1.21 bits per heavy atom. The first-order chi connectivity index (χ1) is 11.5. The van der Waals surface area contributed by atoms with Crippen molar-refractivity contribution in [3.8, 4) is 0 Å². The van der Waals surface area contributed by atoms with Gasteiger partial charge in [-0.15, -0.1) is 0 Å². The summed E-state index contributed by atoms with van der Waals surface area (Å²) in [6.07, 6.45) is 2.91. The number of likely N-dealkylation sites (tertiary alicyclic amines) is 1. The number of likely N-dealkylation sites (N-methyl/N-ethyl adjacent to an activating group) is 1. The third-order valence-electron chi connectivity index (χ3n) is 4.11. The number of benzene rings is 1. The van der Waals surface area contributed by atoms with Gasteiger partial charge in [0.15, 0.2) is 0 Å². The summed E-state index contributed by atoms with van der Waals surface area (Å²) in [6.45, 7) is 1.01. The quantitative estimate of drug-likeness (QED) is 0.729. The molecule has 130 valence electrons. The number of amides is 2. The van der Waals surface area contributed by atoms with Crippen LogP contribution in [0.25, 0.3) is 0 Å². The van der Waals surface area contributed by atoms with Gasteiger partial charge < -0.3 is 15.7 Å². The highest BCUT2D eigenvalue weighted by atomic mass is 16.4. The van der Waals surface area contributed by atoms with Crippen molar-refractivity contribution < 1.29 is 19.5 Å². The Labute approximate surface area is 141 Å². The number of hydrogen-bond acceptors (Lipinski definition) is 4. The van der Waals surface area contributed by atoms with E-state index in [-0.39, 0.29) is 30.8 Å².